The lowest BCUT2D eigenvalue weighted by atomic mass is 9.88. The van der Waals surface area contributed by atoms with Gasteiger partial charge in [0.25, 0.3) is 5.91 Å². The van der Waals surface area contributed by atoms with E-state index in [0.29, 0.717) is 37.4 Å². The highest BCUT2D eigenvalue weighted by atomic mass is 32.1. The Morgan fingerprint density at radius 2 is 1.93 bits per heavy atom. The normalized spacial score (nSPS) is 16.4. The number of rotatable bonds is 6. The molecule has 2 rings (SSSR count). The Hall–Kier alpha value is -2.09. The predicted molar refractivity (Wildman–Crippen MR) is 111 cm³/mol. The van der Waals surface area contributed by atoms with Crippen LogP contribution in [0.25, 0.3) is 0 Å². The zero-order valence-corrected chi connectivity index (χ0v) is 18.0. The van der Waals surface area contributed by atoms with Gasteiger partial charge in [0.05, 0.1) is 4.88 Å². The van der Waals surface area contributed by atoms with Crippen molar-refractivity contribution in [1.82, 2.24) is 20.9 Å². The van der Waals surface area contributed by atoms with Gasteiger partial charge in [-0.25, -0.2) is 4.79 Å². The van der Waals surface area contributed by atoms with Crippen molar-refractivity contribution in [3.05, 3.63) is 22.4 Å². The van der Waals surface area contributed by atoms with Gasteiger partial charge in [-0.3, -0.25) is 9.59 Å². The van der Waals surface area contributed by atoms with Gasteiger partial charge in [0.2, 0.25) is 5.91 Å². The Balaban J connectivity index is 2.00. The Bertz CT molecular complexity index is 661. The van der Waals surface area contributed by atoms with Crippen LogP contribution >= 0.6 is 11.3 Å². The number of thiophene rings is 1. The Kier molecular flexibility index (Phi) is 7.86. The molecule has 1 atom stereocenters. The fourth-order valence-corrected chi connectivity index (χ4v) is 3.84. The SMILES string of the molecule is CCCNC(=O)[C@H](NC(=O)c1cccs1)C1CCN(C(=O)NC(C)(C)C)CC1. The maximum atomic E-state index is 12.7. The second-order valence-electron chi connectivity index (χ2n) is 8.22. The van der Waals surface area contributed by atoms with Crippen LogP contribution in [0.4, 0.5) is 4.79 Å². The fourth-order valence-electron chi connectivity index (χ4n) is 3.21. The van der Waals surface area contributed by atoms with E-state index in [-0.39, 0.29) is 29.3 Å². The molecule has 1 aromatic rings. The van der Waals surface area contributed by atoms with Crippen molar-refractivity contribution in [1.29, 1.82) is 0 Å². The maximum absolute atomic E-state index is 12.7. The molecule has 4 amide bonds. The highest BCUT2D eigenvalue weighted by Gasteiger charge is 2.34. The van der Waals surface area contributed by atoms with Crippen molar-refractivity contribution in [3.8, 4) is 0 Å². The van der Waals surface area contributed by atoms with Gasteiger partial charge < -0.3 is 20.9 Å². The van der Waals surface area contributed by atoms with Crippen molar-refractivity contribution in [3.63, 3.8) is 0 Å². The Labute approximate surface area is 171 Å². The number of amides is 4. The molecule has 7 nitrogen and oxygen atoms in total. The monoisotopic (exact) mass is 408 g/mol. The standard InChI is InChI=1S/C20H32N4O3S/c1-5-10-21-18(26)16(22-17(25)15-7-6-13-28-15)14-8-11-24(12-9-14)19(27)23-20(2,3)4/h6-7,13-14,16H,5,8-12H2,1-4H3,(H,21,26)(H,22,25)(H,23,27)/t16-/m1/s1. The number of carbonyl (C=O) groups excluding carboxylic acids is 3. The van der Waals surface area contributed by atoms with E-state index in [2.05, 4.69) is 16.0 Å². The minimum absolute atomic E-state index is 0.000505. The molecule has 0 aliphatic carbocycles. The first-order valence-corrected chi connectivity index (χ1v) is 10.8. The molecule has 0 aromatic carbocycles. The summed E-state index contributed by atoms with van der Waals surface area (Å²) in [6.45, 7) is 9.56. The van der Waals surface area contributed by atoms with Crippen LogP contribution in [-0.2, 0) is 4.79 Å². The zero-order valence-electron chi connectivity index (χ0n) is 17.2. The first kappa shape index (κ1) is 22.2. The highest BCUT2D eigenvalue weighted by molar-refractivity contribution is 7.12. The minimum Gasteiger partial charge on any atom is -0.354 e. The second kappa shape index (κ2) is 9.91. The van der Waals surface area contributed by atoms with E-state index in [0.717, 1.165) is 6.42 Å². The average molecular weight is 409 g/mol. The molecule has 1 aliphatic rings. The van der Waals surface area contributed by atoms with E-state index in [1.165, 1.54) is 11.3 Å². The molecule has 2 heterocycles. The van der Waals surface area contributed by atoms with Crippen LogP contribution in [-0.4, -0.2) is 54.0 Å². The van der Waals surface area contributed by atoms with Gasteiger partial charge in [-0.2, -0.15) is 0 Å². The van der Waals surface area contributed by atoms with Gasteiger partial charge in [0.15, 0.2) is 0 Å². The largest absolute Gasteiger partial charge is 0.354 e. The van der Waals surface area contributed by atoms with Crippen LogP contribution in [0.5, 0.6) is 0 Å². The number of hydrogen-bond acceptors (Lipinski definition) is 4. The third-order valence-corrected chi connectivity index (χ3v) is 5.51. The summed E-state index contributed by atoms with van der Waals surface area (Å²) >= 11 is 1.35. The van der Waals surface area contributed by atoms with E-state index >= 15 is 0 Å². The zero-order chi connectivity index (χ0) is 20.7. The average Bonchev–Trinajstić information content (AvgIpc) is 3.17. The molecule has 0 saturated carbocycles. The minimum atomic E-state index is -0.589. The predicted octanol–water partition coefficient (Wildman–Crippen LogP) is 2.59. The molecule has 1 saturated heterocycles. The van der Waals surface area contributed by atoms with E-state index < -0.39 is 6.04 Å². The summed E-state index contributed by atoms with van der Waals surface area (Å²) in [6.07, 6.45) is 2.18. The van der Waals surface area contributed by atoms with Gasteiger partial charge in [0, 0.05) is 25.2 Å². The molecule has 0 radical (unpaired) electrons. The summed E-state index contributed by atoms with van der Waals surface area (Å²) in [6, 6.07) is 2.90. The third-order valence-electron chi connectivity index (χ3n) is 4.64. The van der Waals surface area contributed by atoms with Gasteiger partial charge >= 0.3 is 6.03 Å². The number of likely N-dealkylation sites (tertiary alicyclic amines) is 1. The molecule has 8 heteroatoms. The molecule has 1 aromatic heterocycles. The van der Waals surface area contributed by atoms with Crippen LogP contribution in [0.15, 0.2) is 17.5 Å². The number of nitrogens with one attached hydrogen (secondary N) is 3. The van der Waals surface area contributed by atoms with Crippen LogP contribution in [0, 0.1) is 5.92 Å². The summed E-state index contributed by atoms with van der Waals surface area (Å²) in [5, 5.41) is 10.6. The van der Waals surface area contributed by atoms with Crippen molar-refractivity contribution in [2.45, 2.75) is 58.5 Å². The summed E-state index contributed by atoms with van der Waals surface area (Å²) in [5.41, 5.74) is -0.287. The van der Waals surface area contributed by atoms with Crippen molar-refractivity contribution in [2.75, 3.05) is 19.6 Å². The topological polar surface area (TPSA) is 90.5 Å². The highest BCUT2D eigenvalue weighted by Crippen LogP contribution is 2.22. The molecule has 1 fully saturated rings. The molecule has 0 unspecified atom stereocenters. The summed E-state index contributed by atoms with van der Waals surface area (Å²) in [4.78, 5) is 39.9. The molecule has 0 bridgehead atoms. The van der Waals surface area contributed by atoms with Crippen molar-refractivity contribution in [2.24, 2.45) is 5.92 Å². The molecule has 3 N–H and O–H groups in total. The van der Waals surface area contributed by atoms with E-state index in [1.807, 2.05) is 39.1 Å². The fraction of sp³-hybridized carbons (Fsp3) is 0.650. The number of piperidine rings is 1. The molecular formula is C20H32N4O3S. The lowest BCUT2D eigenvalue weighted by Gasteiger charge is -2.37. The molecule has 156 valence electrons. The molecule has 0 spiro atoms. The van der Waals surface area contributed by atoms with Gasteiger partial charge in [-0.05, 0) is 57.4 Å². The lowest BCUT2D eigenvalue weighted by molar-refractivity contribution is -0.124. The number of carbonyl (C=O) groups is 3. The number of nitrogens with zero attached hydrogens (tertiary/aromatic N) is 1. The van der Waals surface area contributed by atoms with Gasteiger partial charge in [0.1, 0.15) is 6.04 Å². The van der Waals surface area contributed by atoms with E-state index in [9.17, 15) is 14.4 Å². The lowest BCUT2D eigenvalue weighted by Crippen LogP contribution is -2.55. The van der Waals surface area contributed by atoms with Crippen molar-refractivity contribution < 1.29 is 14.4 Å². The van der Waals surface area contributed by atoms with E-state index in [1.54, 1.807) is 11.0 Å². The molecule has 28 heavy (non-hydrogen) atoms. The molecule has 1 aliphatic heterocycles. The smallest absolute Gasteiger partial charge is 0.317 e. The van der Waals surface area contributed by atoms with Crippen molar-refractivity contribution >= 4 is 29.2 Å². The Morgan fingerprint density at radius 1 is 1.25 bits per heavy atom. The van der Waals surface area contributed by atoms with E-state index in [4.69, 9.17) is 0 Å². The second-order valence-corrected chi connectivity index (χ2v) is 9.17. The maximum Gasteiger partial charge on any atom is 0.317 e. The number of urea groups is 1. The third kappa shape index (κ3) is 6.51. The summed E-state index contributed by atoms with van der Waals surface area (Å²) in [5.74, 6) is -0.372. The van der Waals surface area contributed by atoms with Gasteiger partial charge in [-0.1, -0.05) is 13.0 Å². The van der Waals surface area contributed by atoms with Gasteiger partial charge in [-0.15, -0.1) is 11.3 Å². The summed E-state index contributed by atoms with van der Waals surface area (Å²) in [7, 11) is 0. The summed E-state index contributed by atoms with van der Waals surface area (Å²) < 4.78 is 0. The first-order valence-electron chi connectivity index (χ1n) is 9.90. The van der Waals surface area contributed by atoms with Crippen LogP contribution in [0.2, 0.25) is 0 Å². The van der Waals surface area contributed by atoms with Crippen LogP contribution < -0.4 is 16.0 Å². The quantitative estimate of drug-likeness (QED) is 0.676. The van der Waals surface area contributed by atoms with Crippen LogP contribution in [0.1, 0.15) is 56.6 Å². The first-order chi connectivity index (χ1) is 13.2. The van der Waals surface area contributed by atoms with Crippen LogP contribution in [0.3, 0.4) is 0 Å². The number of hydrogen-bond donors (Lipinski definition) is 3. The Morgan fingerprint density at radius 3 is 2.46 bits per heavy atom. The molecular weight excluding hydrogens is 376 g/mol.